The van der Waals surface area contributed by atoms with Crippen LogP contribution in [-0.4, -0.2) is 9.79 Å². The van der Waals surface area contributed by atoms with Crippen molar-refractivity contribution in [2.45, 2.75) is 0 Å². The molecule has 0 aromatic heterocycles. The predicted molar refractivity (Wildman–Crippen MR) is 24.6 cm³/mol. The zero-order chi connectivity index (χ0) is 5.21. The van der Waals surface area contributed by atoms with Crippen molar-refractivity contribution in [3.05, 3.63) is 0 Å². The van der Waals surface area contributed by atoms with Crippen LogP contribution in [0.5, 0.6) is 0 Å². The van der Waals surface area contributed by atoms with Crippen molar-refractivity contribution >= 4 is 21.3 Å². The number of hydrogen-bond donors (Lipinski definition) is 2. The standard InChI is InChI=1S/FH2O4P.H2S/c1-5-6(2,3)4;/h(H2,2,3,4);1H2. The van der Waals surface area contributed by atoms with Gasteiger partial charge in [0.2, 0.25) is 0 Å². The molecule has 46 valence electrons. The van der Waals surface area contributed by atoms with Gasteiger partial charge in [0.25, 0.3) is 0 Å². The molecule has 0 rings (SSSR count). The topological polar surface area (TPSA) is 66.8 Å². The second kappa shape index (κ2) is 3.40. The fourth-order valence-corrected chi connectivity index (χ4v) is 0. The van der Waals surface area contributed by atoms with Crippen molar-refractivity contribution in [1.82, 2.24) is 0 Å². The maximum atomic E-state index is 10.2. The summed E-state index contributed by atoms with van der Waals surface area (Å²) < 4.78 is 21.4. The fourth-order valence-electron chi connectivity index (χ4n) is 0. The zero-order valence-corrected chi connectivity index (χ0v) is 4.93. The van der Waals surface area contributed by atoms with Crippen LogP contribution in [0.3, 0.4) is 0 Å². The number of phosphoric acid groups is 1. The van der Waals surface area contributed by atoms with Crippen LogP contribution in [0.25, 0.3) is 0 Å². The second-order valence-corrected chi connectivity index (χ2v) is 1.68. The molecule has 0 saturated carbocycles. The SMILES string of the molecule is O=P(O)(O)OF.S. The van der Waals surface area contributed by atoms with E-state index in [-0.39, 0.29) is 13.5 Å². The average molecular weight is 150 g/mol. The third-order valence-electron chi connectivity index (χ3n) is 0.0899. The molecule has 0 bridgehead atoms. The van der Waals surface area contributed by atoms with Gasteiger partial charge in [0.15, 0.2) is 0 Å². The minimum absolute atomic E-state index is 0. The molecule has 0 saturated heterocycles. The van der Waals surface area contributed by atoms with Gasteiger partial charge >= 0.3 is 7.82 Å². The van der Waals surface area contributed by atoms with E-state index in [2.05, 4.69) is 4.73 Å². The molecule has 0 fully saturated rings. The van der Waals surface area contributed by atoms with Gasteiger partial charge in [-0.3, -0.25) is 0 Å². The lowest BCUT2D eigenvalue weighted by Gasteiger charge is -1.87. The highest BCUT2D eigenvalue weighted by atomic mass is 32.1. The molecule has 0 aliphatic heterocycles. The first-order chi connectivity index (χ1) is 2.56. The molecule has 7 heteroatoms. The maximum Gasteiger partial charge on any atom is 0.500 e. The third-order valence-corrected chi connectivity index (χ3v) is 0.270. The van der Waals surface area contributed by atoms with Crippen LogP contribution >= 0.6 is 21.3 Å². The molecule has 7 heavy (non-hydrogen) atoms. The van der Waals surface area contributed by atoms with Gasteiger partial charge in [-0.05, 0) is 4.53 Å². The van der Waals surface area contributed by atoms with Crippen LogP contribution in [0, 0.1) is 0 Å². The molecule has 2 N–H and O–H groups in total. The van der Waals surface area contributed by atoms with Gasteiger partial charge in [-0.25, -0.2) is 4.57 Å². The highest BCUT2D eigenvalue weighted by molar-refractivity contribution is 7.59. The van der Waals surface area contributed by atoms with E-state index in [1.54, 1.807) is 0 Å². The normalized spacial score (nSPS) is 10.1. The summed E-state index contributed by atoms with van der Waals surface area (Å²) in [4.78, 5) is 14.7. The van der Waals surface area contributed by atoms with Gasteiger partial charge in [0, 0.05) is 0 Å². The summed E-state index contributed by atoms with van der Waals surface area (Å²) >= 11 is 0. The van der Waals surface area contributed by atoms with Crippen molar-refractivity contribution in [2.24, 2.45) is 0 Å². The fraction of sp³-hybridized carbons (Fsp3) is 0. The van der Waals surface area contributed by atoms with Crippen LogP contribution in [0.2, 0.25) is 0 Å². The summed E-state index contributed by atoms with van der Waals surface area (Å²) in [6.45, 7) is 0. The monoisotopic (exact) mass is 150 g/mol. The van der Waals surface area contributed by atoms with Gasteiger partial charge in [-0.1, -0.05) is 4.73 Å². The zero-order valence-electron chi connectivity index (χ0n) is 3.04. The van der Waals surface area contributed by atoms with E-state index in [1.807, 2.05) is 0 Å². The molecule has 0 aliphatic carbocycles. The van der Waals surface area contributed by atoms with Gasteiger partial charge in [0.1, 0.15) is 0 Å². The Morgan fingerprint density at radius 2 is 1.71 bits per heavy atom. The lowest BCUT2D eigenvalue weighted by Crippen LogP contribution is -1.71. The molecular formula is H4FO4PS. The maximum absolute atomic E-state index is 10.2. The second-order valence-electron chi connectivity index (χ2n) is 0.560. The first-order valence-electron chi connectivity index (χ1n) is 0.919. The largest absolute Gasteiger partial charge is 0.500 e. The van der Waals surface area contributed by atoms with Crippen LogP contribution in [0.15, 0.2) is 0 Å². The summed E-state index contributed by atoms with van der Waals surface area (Å²) in [5.41, 5.74) is 0. The Morgan fingerprint density at radius 1 is 1.57 bits per heavy atom. The van der Waals surface area contributed by atoms with Gasteiger partial charge in [-0.2, -0.15) is 13.5 Å². The molecule has 0 aromatic carbocycles. The average Bonchev–Trinajstić information content (AvgIpc) is 1.35. The number of rotatable bonds is 1. The molecule has 0 radical (unpaired) electrons. The number of halogens is 1. The highest BCUT2D eigenvalue weighted by Gasteiger charge is 2.12. The lowest BCUT2D eigenvalue weighted by atomic mass is 15.6. The van der Waals surface area contributed by atoms with Crippen molar-refractivity contribution in [1.29, 1.82) is 0 Å². The predicted octanol–water partition coefficient (Wildman–Crippen LogP) is 0.0930. The van der Waals surface area contributed by atoms with E-state index in [4.69, 9.17) is 14.4 Å². The molecule has 0 aliphatic rings. The molecule has 0 aromatic rings. The molecular weight excluding hydrogens is 146 g/mol. The van der Waals surface area contributed by atoms with Crippen LogP contribution < -0.4 is 0 Å². The van der Waals surface area contributed by atoms with Gasteiger partial charge in [0.05, 0.1) is 0 Å². The Labute approximate surface area is 45.9 Å². The minimum atomic E-state index is -4.81. The summed E-state index contributed by atoms with van der Waals surface area (Å²) in [6.07, 6.45) is 0. The van der Waals surface area contributed by atoms with Crippen molar-refractivity contribution in [3.8, 4) is 0 Å². The highest BCUT2D eigenvalue weighted by Crippen LogP contribution is 2.35. The third kappa shape index (κ3) is 10.7. The molecule has 4 nitrogen and oxygen atoms in total. The van der Waals surface area contributed by atoms with Crippen molar-refractivity contribution in [2.75, 3.05) is 0 Å². The Bertz CT molecular complexity index is 75.8. The van der Waals surface area contributed by atoms with E-state index in [1.165, 1.54) is 0 Å². The minimum Gasteiger partial charge on any atom is -0.301 e. The number of hydrogen-bond acceptors (Lipinski definition) is 2. The molecule has 0 heterocycles. The Balaban J connectivity index is 0. The van der Waals surface area contributed by atoms with E-state index < -0.39 is 7.82 Å². The summed E-state index contributed by atoms with van der Waals surface area (Å²) in [5, 5.41) is 0. The summed E-state index contributed by atoms with van der Waals surface area (Å²) in [5.74, 6) is 0. The summed E-state index contributed by atoms with van der Waals surface area (Å²) in [7, 11) is -4.81. The van der Waals surface area contributed by atoms with Crippen LogP contribution in [-0.2, 0) is 9.29 Å². The molecule has 0 spiro atoms. The van der Waals surface area contributed by atoms with Gasteiger partial charge < -0.3 is 9.79 Å². The van der Waals surface area contributed by atoms with E-state index in [0.29, 0.717) is 0 Å². The summed E-state index contributed by atoms with van der Waals surface area (Å²) in [6, 6.07) is 0. The Morgan fingerprint density at radius 3 is 1.71 bits per heavy atom. The van der Waals surface area contributed by atoms with Gasteiger partial charge in [-0.15, -0.1) is 0 Å². The van der Waals surface area contributed by atoms with E-state index in [0.717, 1.165) is 0 Å². The first kappa shape index (κ1) is 10.4. The Kier molecular flexibility index (Phi) is 5.04. The molecule has 0 unspecified atom stereocenters. The van der Waals surface area contributed by atoms with E-state index >= 15 is 0 Å². The van der Waals surface area contributed by atoms with Crippen LogP contribution in [0.1, 0.15) is 0 Å². The van der Waals surface area contributed by atoms with Crippen molar-refractivity contribution in [3.63, 3.8) is 0 Å². The lowest BCUT2D eigenvalue weighted by molar-refractivity contribution is -0.0389. The molecule has 0 amide bonds. The first-order valence-corrected chi connectivity index (χ1v) is 2.45. The smallest absolute Gasteiger partial charge is 0.301 e. The Hall–Kier alpha value is 0.390. The van der Waals surface area contributed by atoms with E-state index in [9.17, 15) is 4.53 Å². The van der Waals surface area contributed by atoms with Crippen molar-refractivity contribution < 1.29 is 23.6 Å². The van der Waals surface area contributed by atoms with Crippen LogP contribution in [0.4, 0.5) is 4.53 Å². The quantitative estimate of drug-likeness (QED) is 0.520. The molecule has 0 atom stereocenters.